The molecule has 0 bridgehead atoms. The number of benzene rings is 5. The summed E-state index contributed by atoms with van der Waals surface area (Å²) in [6.45, 7) is 24.0. The number of aryl methyl sites for hydroxylation is 1. The van der Waals surface area contributed by atoms with Crippen LogP contribution in [-0.4, -0.2) is 30.6 Å². The number of furan rings is 1. The third kappa shape index (κ3) is 9.25. The second-order valence-electron chi connectivity index (χ2n) is 19.5. The number of carbonyl (C=O) groups is 1. The molecule has 0 amide bonds. The summed E-state index contributed by atoms with van der Waals surface area (Å²) in [5, 5.41) is 10.9. The van der Waals surface area contributed by atoms with Crippen molar-refractivity contribution < 1.29 is 38.8 Å². The van der Waals surface area contributed by atoms with Gasteiger partial charge in [-0.2, -0.15) is 0 Å². The van der Waals surface area contributed by atoms with Gasteiger partial charge in [-0.1, -0.05) is 159 Å². The Balaban J connectivity index is 0.000000260. The standard InChI is InChI=1S/C41H40N3O.C16H15FNO2.Ir/c1-24(2)28-15-11-16-29(25(3)4)37(28)44-39(42-34-21-22-36(41(6,7)8)43-40(34)44)33-18-12-17-32-31-20-19-27(23-35(31)45-38(32)33)30-14-10-9-13-26(30)5;1-16(2,3)11-5-7-14(18-9-11)12-6-4-10(15(19)20)8-13(12)17;/h9-17,19-25H,1-8H3;4-5,7-9H,1-3H3,(H,19,20);/q2*-1;. The summed E-state index contributed by atoms with van der Waals surface area (Å²) >= 11 is 0. The van der Waals surface area contributed by atoms with Crippen molar-refractivity contribution in [2.45, 2.75) is 98.8 Å². The van der Waals surface area contributed by atoms with E-state index in [1.165, 1.54) is 28.3 Å². The fourth-order valence-corrected chi connectivity index (χ4v) is 8.27. The molecule has 9 heteroatoms. The Labute approximate surface area is 400 Å². The van der Waals surface area contributed by atoms with E-state index in [-0.39, 0.29) is 42.1 Å². The molecule has 4 aromatic heterocycles. The number of nitrogens with zero attached hydrogens (tertiary/aromatic N) is 4. The number of imidazole rings is 1. The largest absolute Gasteiger partial charge is 0.501 e. The average Bonchev–Trinajstić information content (AvgIpc) is 3.84. The Morgan fingerprint density at radius 3 is 2.09 bits per heavy atom. The molecule has 9 aromatic rings. The van der Waals surface area contributed by atoms with Crippen molar-refractivity contribution in [3.05, 3.63) is 167 Å². The third-order valence-electron chi connectivity index (χ3n) is 12.0. The van der Waals surface area contributed by atoms with Gasteiger partial charge in [-0.25, -0.2) is 4.98 Å². The molecule has 0 fully saturated rings. The van der Waals surface area contributed by atoms with Gasteiger partial charge >= 0.3 is 0 Å². The molecule has 0 spiro atoms. The summed E-state index contributed by atoms with van der Waals surface area (Å²) in [4.78, 5) is 25.6. The number of carboxylic acids is 1. The van der Waals surface area contributed by atoms with Crippen molar-refractivity contribution in [2.24, 2.45) is 0 Å². The maximum absolute atomic E-state index is 13.9. The first-order valence-corrected chi connectivity index (χ1v) is 22.2. The van der Waals surface area contributed by atoms with Crippen molar-refractivity contribution in [2.75, 3.05) is 0 Å². The predicted octanol–water partition coefficient (Wildman–Crippen LogP) is 15.0. The molecule has 0 unspecified atom stereocenters. The maximum atomic E-state index is 13.9. The molecule has 0 saturated heterocycles. The van der Waals surface area contributed by atoms with Gasteiger partial charge in [0.15, 0.2) is 5.65 Å². The topological polar surface area (TPSA) is 94.0 Å². The number of fused-ring (bicyclic) bond motifs is 4. The summed E-state index contributed by atoms with van der Waals surface area (Å²) in [5.41, 5.74) is 13.9. The number of carboxylic acid groups (broad SMARTS) is 1. The van der Waals surface area contributed by atoms with Crippen molar-refractivity contribution in [3.63, 3.8) is 0 Å². The quantitative estimate of drug-likeness (QED) is 0.160. The number of aromatic carboxylic acids is 1. The van der Waals surface area contributed by atoms with E-state index in [4.69, 9.17) is 19.5 Å². The molecule has 0 aliphatic carbocycles. The van der Waals surface area contributed by atoms with Crippen LogP contribution in [0.2, 0.25) is 0 Å². The van der Waals surface area contributed by atoms with Crippen LogP contribution in [-0.2, 0) is 30.9 Å². The Bertz CT molecular complexity index is 3210. The molecule has 66 heavy (non-hydrogen) atoms. The van der Waals surface area contributed by atoms with Gasteiger partial charge in [0.25, 0.3) is 5.97 Å². The number of hydrogen-bond acceptors (Lipinski definition) is 5. The monoisotopic (exact) mass is 1060 g/mol. The molecule has 7 nitrogen and oxygen atoms in total. The van der Waals surface area contributed by atoms with Gasteiger partial charge in [-0.3, -0.25) is 14.2 Å². The summed E-state index contributed by atoms with van der Waals surface area (Å²) in [6, 6.07) is 42.0. The maximum Gasteiger partial charge on any atom is 0.292 e. The van der Waals surface area contributed by atoms with Gasteiger partial charge in [0, 0.05) is 54.3 Å². The number of halogens is 1. The van der Waals surface area contributed by atoms with E-state index in [1.54, 1.807) is 12.3 Å². The first kappa shape index (κ1) is 47.7. The second-order valence-corrected chi connectivity index (χ2v) is 19.5. The summed E-state index contributed by atoms with van der Waals surface area (Å²) < 4.78 is 22.9. The fourth-order valence-electron chi connectivity index (χ4n) is 8.27. The Morgan fingerprint density at radius 2 is 1.48 bits per heavy atom. The normalized spacial score (nSPS) is 11.9. The van der Waals surface area contributed by atoms with Crippen LogP contribution >= 0.6 is 0 Å². The molecule has 0 saturated carbocycles. The number of pyridine rings is 2. The SMILES string of the molecule is CC(C)(C)c1ccc(-c2[c-]cc(C(=O)O)cc2F)nc1.Cc1ccccc1-c1ccc2c(c1)oc1c(-c3nc4ccc(C(C)(C)C)nc4n3-c3c(C(C)C)cccc3C(C)C)[c-]ccc12.[Ir]. The van der Waals surface area contributed by atoms with Crippen LogP contribution in [0.25, 0.3) is 72.6 Å². The van der Waals surface area contributed by atoms with Crippen molar-refractivity contribution in [1.82, 2.24) is 19.5 Å². The van der Waals surface area contributed by atoms with E-state index in [2.05, 4.69) is 177 Å². The van der Waals surface area contributed by atoms with Crippen LogP contribution in [0.4, 0.5) is 4.39 Å². The number of rotatable bonds is 7. The van der Waals surface area contributed by atoms with E-state index < -0.39 is 11.8 Å². The van der Waals surface area contributed by atoms with Crippen LogP contribution in [0, 0.1) is 24.9 Å². The van der Waals surface area contributed by atoms with Crippen LogP contribution < -0.4 is 0 Å². The summed E-state index contributed by atoms with van der Waals surface area (Å²) in [6.07, 6.45) is 1.70. The molecular formula is C57H55FIrN4O3-2. The van der Waals surface area contributed by atoms with Gasteiger partial charge < -0.3 is 19.1 Å². The van der Waals surface area contributed by atoms with Gasteiger partial charge in [-0.15, -0.1) is 30.3 Å². The zero-order chi connectivity index (χ0) is 46.5. The summed E-state index contributed by atoms with van der Waals surface area (Å²) in [7, 11) is 0. The Kier molecular flexibility index (Phi) is 13.4. The fraction of sp³-hybridized carbons (Fsp3) is 0.263. The van der Waals surface area contributed by atoms with E-state index in [9.17, 15) is 9.18 Å². The van der Waals surface area contributed by atoms with Crippen LogP contribution in [0.5, 0.6) is 0 Å². The van der Waals surface area contributed by atoms with Gasteiger partial charge in [0.05, 0.1) is 16.9 Å². The van der Waals surface area contributed by atoms with Crippen molar-refractivity contribution >= 4 is 39.1 Å². The second kappa shape index (κ2) is 18.5. The van der Waals surface area contributed by atoms with E-state index in [0.29, 0.717) is 17.5 Å². The van der Waals surface area contributed by atoms with Crippen molar-refractivity contribution in [3.8, 4) is 39.5 Å². The molecule has 0 aliphatic rings. The molecule has 1 N–H and O–H groups in total. The predicted molar refractivity (Wildman–Crippen MR) is 262 cm³/mol. The molecule has 5 aromatic carbocycles. The van der Waals surface area contributed by atoms with Gasteiger partial charge in [-0.05, 0) is 87.0 Å². The molecule has 0 atom stereocenters. The molecular weight excluding hydrogens is 1000 g/mol. The number of hydrogen-bond donors (Lipinski definition) is 1. The summed E-state index contributed by atoms with van der Waals surface area (Å²) in [5.74, 6) is -0.410. The first-order valence-electron chi connectivity index (χ1n) is 22.2. The van der Waals surface area contributed by atoms with Crippen LogP contribution in [0.3, 0.4) is 0 Å². The van der Waals surface area contributed by atoms with Crippen LogP contribution in [0.1, 0.15) is 119 Å². The van der Waals surface area contributed by atoms with Gasteiger partial charge in [0.2, 0.25) is 0 Å². The zero-order valence-corrected chi connectivity index (χ0v) is 41.8. The average molecular weight is 1060 g/mol. The number of para-hydroxylation sites is 1. The van der Waals surface area contributed by atoms with Crippen molar-refractivity contribution in [1.29, 1.82) is 0 Å². The molecule has 4 heterocycles. The molecule has 9 rings (SSSR count). The van der Waals surface area contributed by atoms with Crippen LogP contribution in [0.15, 0.2) is 120 Å². The van der Waals surface area contributed by atoms with E-state index in [0.717, 1.165) is 73.1 Å². The van der Waals surface area contributed by atoms with E-state index >= 15 is 0 Å². The number of aromatic nitrogens is 4. The minimum atomic E-state index is -1.18. The minimum Gasteiger partial charge on any atom is -0.501 e. The van der Waals surface area contributed by atoms with Gasteiger partial charge in [0.1, 0.15) is 5.58 Å². The Morgan fingerprint density at radius 1 is 0.773 bits per heavy atom. The van der Waals surface area contributed by atoms with E-state index in [1.807, 2.05) is 12.1 Å². The Hall–Kier alpha value is -6.28. The first-order chi connectivity index (χ1) is 30.8. The molecule has 0 aliphatic heterocycles. The molecule has 339 valence electrons. The smallest absolute Gasteiger partial charge is 0.292 e. The molecule has 1 radical (unpaired) electrons. The third-order valence-corrected chi connectivity index (χ3v) is 12.0. The minimum absolute atomic E-state index is 0. The zero-order valence-electron chi connectivity index (χ0n) is 39.4.